The number of hydrogen-bond donors (Lipinski definition) is 2. The van der Waals surface area contributed by atoms with Crippen LogP contribution in [0.3, 0.4) is 0 Å². The van der Waals surface area contributed by atoms with E-state index in [0.29, 0.717) is 6.33 Å². The van der Waals surface area contributed by atoms with Crippen molar-refractivity contribution < 1.29 is 19.7 Å². The van der Waals surface area contributed by atoms with E-state index in [-0.39, 0.29) is 4.68 Å². The molecule has 1 heterocycles. The molecule has 17 nitrogen and oxygen atoms in total. The maximum Gasteiger partial charge on any atom is 0.461 e. The Bertz CT molecular complexity index is 908. The Morgan fingerprint density at radius 2 is 1.24 bits per heavy atom. The average Bonchev–Trinajstić information content (AvgIpc) is 2.94. The first kappa shape index (κ1) is 16.9. The predicted molar refractivity (Wildman–Crippen MR) is 76.8 cm³/mol. The van der Waals surface area contributed by atoms with Crippen LogP contribution in [0.15, 0.2) is 6.33 Å². The fourth-order valence-electron chi connectivity index (χ4n) is 2.02. The monoisotopic (exact) mass is 355 g/mol. The van der Waals surface area contributed by atoms with Gasteiger partial charge >= 0.3 is 23.0 Å². The quantitative estimate of drug-likeness (QED) is 0.410. The molecule has 2 aromatic rings. The number of nitro groups is 4. The number of nitrogen functional groups attached to an aromatic ring is 2. The maximum atomic E-state index is 11.3. The molecule has 0 bridgehead atoms. The second-order valence-corrected chi connectivity index (χ2v) is 4.22. The van der Waals surface area contributed by atoms with Crippen LogP contribution in [0, 0.1) is 40.5 Å². The third kappa shape index (κ3) is 2.46. The van der Waals surface area contributed by atoms with E-state index in [4.69, 9.17) is 11.5 Å². The zero-order valence-electron chi connectivity index (χ0n) is 11.6. The lowest BCUT2D eigenvalue weighted by molar-refractivity contribution is -0.403. The van der Waals surface area contributed by atoms with Crippen molar-refractivity contribution in [2.45, 2.75) is 0 Å². The predicted octanol–water partition coefficient (Wildman–Crippen LogP) is 0.0645. The van der Waals surface area contributed by atoms with E-state index in [1.807, 2.05) is 0 Å². The minimum atomic E-state index is -1.35. The van der Waals surface area contributed by atoms with Crippen LogP contribution in [-0.2, 0) is 0 Å². The summed E-state index contributed by atoms with van der Waals surface area (Å²) in [5.74, 6) is -1.13. The van der Waals surface area contributed by atoms with Gasteiger partial charge in [0.2, 0.25) is 6.33 Å². The number of hydrogen-bond acceptors (Lipinski definition) is 12. The minimum Gasteiger partial charge on any atom is -0.390 e. The van der Waals surface area contributed by atoms with Crippen molar-refractivity contribution in [2.75, 3.05) is 11.5 Å². The van der Waals surface area contributed by atoms with E-state index in [1.54, 1.807) is 0 Å². The Balaban J connectivity index is 3.13. The van der Waals surface area contributed by atoms with Crippen molar-refractivity contribution in [3.8, 4) is 5.69 Å². The third-order valence-corrected chi connectivity index (χ3v) is 2.92. The van der Waals surface area contributed by atoms with Gasteiger partial charge in [-0.25, -0.2) is 0 Å². The highest BCUT2D eigenvalue weighted by molar-refractivity contribution is 5.94. The Hall–Kier alpha value is -4.44. The van der Waals surface area contributed by atoms with E-state index in [9.17, 15) is 40.5 Å². The molecule has 0 aliphatic heterocycles. The van der Waals surface area contributed by atoms with Gasteiger partial charge in [-0.1, -0.05) is 14.8 Å². The molecule has 1 aromatic carbocycles. The lowest BCUT2D eigenvalue weighted by Crippen LogP contribution is -2.14. The lowest BCUT2D eigenvalue weighted by Gasteiger charge is -2.07. The SMILES string of the molecule is Nc1c([N+](=O)[O-])c(N)c([N+](=O)[O-])c(-n2ncnc2[N+](=O)[O-])c1[N+](=O)[O-]. The zero-order valence-corrected chi connectivity index (χ0v) is 11.6. The van der Waals surface area contributed by atoms with Crippen LogP contribution in [0.25, 0.3) is 5.69 Å². The highest BCUT2D eigenvalue weighted by Gasteiger charge is 2.45. The Kier molecular flexibility index (Phi) is 3.82. The van der Waals surface area contributed by atoms with E-state index in [2.05, 4.69) is 10.1 Å². The molecule has 130 valence electrons. The van der Waals surface area contributed by atoms with E-state index < -0.39 is 59.8 Å². The van der Waals surface area contributed by atoms with Gasteiger partial charge in [-0.3, -0.25) is 30.3 Å². The summed E-state index contributed by atoms with van der Waals surface area (Å²) in [4.78, 5) is 42.8. The smallest absolute Gasteiger partial charge is 0.390 e. The first-order chi connectivity index (χ1) is 11.6. The number of aromatic nitrogens is 3. The number of anilines is 2. The van der Waals surface area contributed by atoms with Gasteiger partial charge in [0.25, 0.3) is 5.69 Å². The Morgan fingerprint density at radius 1 is 0.800 bits per heavy atom. The third-order valence-electron chi connectivity index (χ3n) is 2.92. The number of benzene rings is 1. The molecule has 0 saturated carbocycles. The van der Waals surface area contributed by atoms with Crippen LogP contribution in [0.2, 0.25) is 0 Å². The second kappa shape index (κ2) is 5.64. The van der Waals surface area contributed by atoms with Gasteiger partial charge in [-0.05, 0) is 4.92 Å². The highest BCUT2D eigenvalue weighted by Crippen LogP contribution is 2.48. The van der Waals surface area contributed by atoms with Gasteiger partial charge in [-0.2, -0.15) is 0 Å². The summed E-state index contributed by atoms with van der Waals surface area (Å²) >= 11 is 0. The molecule has 0 radical (unpaired) electrons. The molecular formula is C8H5N9O8. The van der Waals surface area contributed by atoms with Crippen LogP contribution in [-0.4, -0.2) is 34.5 Å². The normalized spacial score (nSPS) is 10.4. The lowest BCUT2D eigenvalue weighted by atomic mass is 10.1. The first-order valence-corrected chi connectivity index (χ1v) is 5.82. The minimum absolute atomic E-state index is 0.146. The summed E-state index contributed by atoms with van der Waals surface area (Å²) in [6, 6.07) is 0. The Labute approximate surface area is 134 Å². The van der Waals surface area contributed by atoms with Crippen molar-refractivity contribution in [3.63, 3.8) is 0 Å². The van der Waals surface area contributed by atoms with Crippen molar-refractivity contribution in [1.82, 2.24) is 14.8 Å². The summed E-state index contributed by atoms with van der Waals surface area (Å²) in [5.41, 5.74) is 3.40. The van der Waals surface area contributed by atoms with Gasteiger partial charge < -0.3 is 21.6 Å². The molecule has 0 amide bonds. The first-order valence-electron chi connectivity index (χ1n) is 5.82. The molecule has 25 heavy (non-hydrogen) atoms. The number of rotatable bonds is 5. The molecule has 0 saturated heterocycles. The number of nitro benzene ring substituents is 3. The molecule has 0 atom stereocenters. The molecule has 0 spiro atoms. The van der Waals surface area contributed by atoms with Crippen molar-refractivity contribution in [2.24, 2.45) is 0 Å². The second-order valence-electron chi connectivity index (χ2n) is 4.22. The van der Waals surface area contributed by atoms with E-state index in [1.165, 1.54) is 0 Å². The molecule has 1 aromatic heterocycles. The summed E-state index contributed by atoms with van der Waals surface area (Å²) in [7, 11) is 0. The van der Waals surface area contributed by atoms with Crippen molar-refractivity contribution in [1.29, 1.82) is 0 Å². The van der Waals surface area contributed by atoms with Crippen LogP contribution in [0.5, 0.6) is 0 Å². The van der Waals surface area contributed by atoms with Crippen LogP contribution in [0.1, 0.15) is 0 Å². The van der Waals surface area contributed by atoms with Crippen LogP contribution >= 0.6 is 0 Å². The summed E-state index contributed by atoms with van der Waals surface area (Å²) in [6.07, 6.45) is 0.597. The molecular weight excluding hydrogens is 350 g/mol. The highest BCUT2D eigenvalue weighted by atomic mass is 16.6. The molecule has 4 N–H and O–H groups in total. The molecule has 0 unspecified atom stereocenters. The summed E-state index contributed by atoms with van der Waals surface area (Å²) in [6.45, 7) is 0. The van der Waals surface area contributed by atoms with Gasteiger partial charge in [-0.15, -0.1) is 0 Å². The maximum absolute atomic E-state index is 11.3. The fraction of sp³-hybridized carbons (Fsp3) is 0. The van der Waals surface area contributed by atoms with Gasteiger partial charge in [0.05, 0.1) is 14.8 Å². The summed E-state index contributed by atoms with van der Waals surface area (Å²) in [5, 5.41) is 47.9. The standard InChI is InChI=1S/C8H5N9O8/c9-2-4(14(18)19)3(10)6(16(22)23)7(5(2)15(20)21)13-8(17(24)25)11-1-12-13/h1H,9-10H2. The Morgan fingerprint density at radius 3 is 1.60 bits per heavy atom. The largest absolute Gasteiger partial charge is 0.461 e. The topological polar surface area (TPSA) is 255 Å². The molecule has 2 rings (SSSR count). The van der Waals surface area contributed by atoms with Gasteiger partial charge in [0.1, 0.15) is 0 Å². The number of nitrogens with zero attached hydrogens (tertiary/aromatic N) is 7. The van der Waals surface area contributed by atoms with E-state index in [0.717, 1.165) is 0 Å². The van der Waals surface area contributed by atoms with E-state index >= 15 is 0 Å². The molecule has 17 heteroatoms. The van der Waals surface area contributed by atoms with Crippen LogP contribution < -0.4 is 11.5 Å². The molecule has 0 aliphatic rings. The fourth-order valence-corrected chi connectivity index (χ4v) is 2.02. The van der Waals surface area contributed by atoms with Crippen LogP contribution in [0.4, 0.5) is 34.4 Å². The number of nitrogens with two attached hydrogens (primary N) is 2. The van der Waals surface area contributed by atoms with Gasteiger partial charge in [0, 0.05) is 0 Å². The zero-order chi connectivity index (χ0) is 19.0. The average molecular weight is 355 g/mol. The summed E-state index contributed by atoms with van der Waals surface area (Å²) < 4.78 is 0.146. The van der Waals surface area contributed by atoms with Gasteiger partial charge in [0.15, 0.2) is 11.4 Å². The molecule has 0 fully saturated rings. The molecule has 0 aliphatic carbocycles. The van der Waals surface area contributed by atoms with Crippen molar-refractivity contribution in [3.05, 3.63) is 46.8 Å². The van der Waals surface area contributed by atoms with Crippen molar-refractivity contribution >= 4 is 34.4 Å².